The number of fused-ring (bicyclic) bond motifs is 1. The fraction of sp³-hybridized carbons (Fsp3) is 0.474. The maximum atomic E-state index is 5.60. The Bertz CT molecular complexity index is 650. The predicted octanol–water partition coefficient (Wildman–Crippen LogP) is 3.12. The number of nitrogens with zero attached hydrogens (tertiary/aromatic N) is 1. The van der Waals surface area contributed by atoms with Gasteiger partial charge in [0, 0.05) is 18.5 Å². The van der Waals surface area contributed by atoms with Crippen molar-refractivity contribution in [3.63, 3.8) is 0 Å². The van der Waals surface area contributed by atoms with Gasteiger partial charge in [0.05, 0.1) is 27.4 Å². The van der Waals surface area contributed by atoms with E-state index in [0.717, 1.165) is 68.0 Å². The Hall–Kier alpha value is -1.78. The van der Waals surface area contributed by atoms with Crippen LogP contribution in [0.4, 0.5) is 0 Å². The monoisotopic (exact) mass is 315 g/mol. The fourth-order valence-electron chi connectivity index (χ4n) is 3.20. The summed E-state index contributed by atoms with van der Waals surface area (Å²) < 4.78 is 16.5. The van der Waals surface area contributed by atoms with E-state index in [-0.39, 0.29) is 0 Å². The van der Waals surface area contributed by atoms with Crippen LogP contribution in [0.2, 0.25) is 0 Å². The molecule has 0 saturated carbocycles. The Labute approximate surface area is 137 Å². The van der Waals surface area contributed by atoms with Crippen molar-refractivity contribution in [1.82, 2.24) is 4.90 Å². The van der Waals surface area contributed by atoms with Crippen molar-refractivity contribution < 1.29 is 14.2 Å². The number of methoxy groups -OCH3 is 2. The van der Waals surface area contributed by atoms with Crippen LogP contribution in [-0.4, -0.2) is 52.0 Å². The van der Waals surface area contributed by atoms with Gasteiger partial charge in [0.15, 0.2) is 0 Å². The average molecular weight is 315 g/mol. The lowest BCUT2D eigenvalue weighted by Crippen LogP contribution is -2.36. The minimum Gasteiger partial charge on any atom is -0.496 e. The van der Waals surface area contributed by atoms with Crippen molar-refractivity contribution in [2.24, 2.45) is 0 Å². The van der Waals surface area contributed by atoms with E-state index in [4.69, 9.17) is 14.2 Å². The molecule has 1 fully saturated rings. The van der Waals surface area contributed by atoms with Crippen LogP contribution in [0, 0.1) is 0 Å². The van der Waals surface area contributed by atoms with Gasteiger partial charge < -0.3 is 14.2 Å². The molecular weight excluding hydrogens is 290 g/mol. The minimum absolute atomic E-state index is 0.858. The third-order valence-electron chi connectivity index (χ3n) is 4.49. The number of hydrogen-bond acceptors (Lipinski definition) is 4. The van der Waals surface area contributed by atoms with Gasteiger partial charge in [0.25, 0.3) is 0 Å². The van der Waals surface area contributed by atoms with Crippen LogP contribution in [0.5, 0.6) is 11.5 Å². The molecule has 0 aliphatic carbocycles. The first-order chi connectivity index (χ1) is 11.3. The second-order valence-corrected chi connectivity index (χ2v) is 5.90. The van der Waals surface area contributed by atoms with Crippen molar-refractivity contribution in [2.75, 3.05) is 47.1 Å². The van der Waals surface area contributed by atoms with Gasteiger partial charge >= 0.3 is 0 Å². The molecule has 23 heavy (non-hydrogen) atoms. The normalized spacial score (nSPS) is 15.7. The summed E-state index contributed by atoms with van der Waals surface area (Å²) in [5.74, 6) is 1.88. The van der Waals surface area contributed by atoms with Crippen molar-refractivity contribution in [2.45, 2.75) is 12.8 Å². The van der Waals surface area contributed by atoms with E-state index < -0.39 is 0 Å². The molecule has 0 unspecified atom stereocenters. The van der Waals surface area contributed by atoms with Crippen molar-refractivity contribution in [3.8, 4) is 11.5 Å². The molecule has 0 aromatic heterocycles. The van der Waals surface area contributed by atoms with E-state index in [9.17, 15) is 0 Å². The number of rotatable bonds is 6. The first-order valence-corrected chi connectivity index (χ1v) is 8.25. The van der Waals surface area contributed by atoms with Crippen LogP contribution in [0.3, 0.4) is 0 Å². The lowest BCUT2D eigenvalue weighted by Gasteiger charge is -2.26. The Balaban J connectivity index is 1.75. The summed E-state index contributed by atoms with van der Waals surface area (Å²) in [6.45, 7) is 4.91. The van der Waals surface area contributed by atoms with Gasteiger partial charge in [-0.05, 0) is 48.5 Å². The maximum Gasteiger partial charge on any atom is 0.126 e. The third kappa shape index (κ3) is 3.77. The number of ether oxygens (including phenoxy) is 3. The molecular formula is C19H25NO3. The predicted molar refractivity (Wildman–Crippen MR) is 92.6 cm³/mol. The summed E-state index contributed by atoms with van der Waals surface area (Å²) in [7, 11) is 3.46. The van der Waals surface area contributed by atoms with E-state index in [1.165, 1.54) is 5.56 Å². The van der Waals surface area contributed by atoms with E-state index in [1.807, 2.05) is 12.1 Å². The van der Waals surface area contributed by atoms with Gasteiger partial charge in [0.1, 0.15) is 11.5 Å². The zero-order valence-corrected chi connectivity index (χ0v) is 14.0. The topological polar surface area (TPSA) is 30.9 Å². The lowest BCUT2D eigenvalue weighted by atomic mass is 10.0. The van der Waals surface area contributed by atoms with E-state index in [0.29, 0.717) is 0 Å². The highest BCUT2D eigenvalue weighted by molar-refractivity contribution is 5.90. The SMILES string of the molecule is COc1cc2cccc(OC)c2cc1CCCN1CCOCC1. The Kier molecular flexibility index (Phi) is 5.36. The molecule has 1 aliphatic heterocycles. The van der Waals surface area contributed by atoms with Gasteiger partial charge in [-0.25, -0.2) is 0 Å². The molecule has 124 valence electrons. The summed E-state index contributed by atoms with van der Waals surface area (Å²) in [5, 5.41) is 2.30. The molecule has 3 rings (SSSR count). The van der Waals surface area contributed by atoms with Crippen LogP contribution in [0.1, 0.15) is 12.0 Å². The second-order valence-electron chi connectivity index (χ2n) is 5.90. The summed E-state index contributed by atoms with van der Waals surface area (Å²) in [6.07, 6.45) is 2.13. The first kappa shape index (κ1) is 16.1. The van der Waals surface area contributed by atoms with Crippen LogP contribution >= 0.6 is 0 Å². The second kappa shape index (κ2) is 7.66. The van der Waals surface area contributed by atoms with Gasteiger partial charge in [-0.1, -0.05) is 12.1 Å². The molecule has 0 spiro atoms. The Morgan fingerprint density at radius 3 is 2.57 bits per heavy atom. The quantitative estimate of drug-likeness (QED) is 0.819. The average Bonchev–Trinajstić information content (AvgIpc) is 2.61. The van der Waals surface area contributed by atoms with Crippen LogP contribution in [-0.2, 0) is 11.2 Å². The molecule has 1 heterocycles. The molecule has 4 heteroatoms. The van der Waals surface area contributed by atoms with Crippen molar-refractivity contribution in [3.05, 3.63) is 35.9 Å². The molecule has 0 atom stereocenters. The largest absolute Gasteiger partial charge is 0.496 e. The summed E-state index contributed by atoms with van der Waals surface area (Å²) >= 11 is 0. The Morgan fingerprint density at radius 1 is 1.04 bits per heavy atom. The molecule has 1 aliphatic rings. The standard InChI is InChI=1S/C19H25NO3/c1-21-18-7-3-5-15-14-19(22-2)16(13-17(15)18)6-4-8-20-9-11-23-12-10-20/h3,5,7,13-14H,4,6,8-12H2,1-2H3. The van der Waals surface area contributed by atoms with Crippen molar-refractivity contribution >= 4 is 10.8 Å². The zero-order chi connectivity index (χ0) is 16.1. The maximum absolute atomic E-state index is 5.60. The molecule has 1 saturated heterocycles. The number of aryl methyl sites for hydroxylation is 1. The molecule has 0 amide bonds. The lowest BCUT2D eigenvalue weighted by molar-refractivity contribution is 0.0374. The Morgan fingerprint density at radius 2 is 1.83 bits per heavy atom. The van der Waals surface area contributed by atoms with Crippen LogP contribution < -0.4 is 9.47 Å². The molecule has 2 aromatic carbocycles. The van der Waals surface area contributed by atoms with E-state index in [2.05, 4.69) is 23.1 Å². The summed E-state index contributed by atoms with van der Waals surface area (Å²) in [6, 6.07) is 10.4. The fourth-order valence-corrected chi connectivity index (χ4v) is 3.20. The molecule has 4 nitrogen and oxygen atoms in total. The molecule has 2 aromatic rings. The minimum atomic E-state index is 0.858. The van der Waals surface area contributed by atoms with Gasteiger partial charge in [0.2, 0.25) is 0 Å². The smallest absolute Gasteiger partial charge is 0.126 e. The highest BCUT2D eigenvalue weighted by atomic mass is 16.5. The van der Waals surface area contributed by atoms with Gasteiger partial charge in [-0.2, -0.15) is 0 Å². The van der Waals surface area contributed by atoms with E-state index >= 15 is 0 Å². The highest BCUT2D eigenvalue weighted by Crippen LogP contribution is 2.32. The summed E-state index contributed by atoms with van der Waals surface area (Å²) in [4.78, 5) is 2.47. The number of morpholine rings is 1. The van der Waals surface area contributed by atoms with Gasteiger partial charge in [-0.15, -0.1) is 0 Å². The van der Waals surface area contributed by atoms with E-state index in [1.54, 1.807) is 14.2 Å². The molecule has 0 radical (unpaired) electrons. The highest BCUT2D eigenvalue weighted by Gasteiger charge is 2.12. The van der Waals surface area contributed by atoms with Gasteiger partial charge in [-0.3, -0.25) is 4.90 Å². The van der Waals surface area contributed by atoms with Crippen LogP contribution in [0.15, 0.2) is 30.3 Å². The summed E-state index contributed by atoms with van der Waals surface area (Å²) in [5.41, 5.74) is 1.25. The number of benzene rings is 2. The number of hydrogen-bond donors (Lipinski definition) is 0. The van der Waals surface area contributed by atoms with Crippen LogP contribution in [0.25, 0.3) is 10.8 Å². The molecule has 0 N–H and O–H groups in total. The van der Waals surface area contributed by atoms with Crippen molar-refractivity contribution in [1.29, 1.82) is 0 Å². The first-order valence-electron chi connectivity index (χ1n) is 8.25. The zero-order valence-electron chi connectivity index (χ0n) is 14.0. The molecule has 0 bridgehead atoms. The third-order valence-corrected chi connectivity index (χ3v) is 4.49.